The second-order valence-corrected chi connectivity index (χ2v) is 6.96. The first-order chi connectivity index (χ1) is 10.7. The highest BCUT2D eigenvalue weighted by Gasteiger charge is 2.18. The van der Waals surface area contributed by atoms with Gasteiger partial charge in [0.15, 0.2) is 0 Å². The molecule has 3 rings (SSSR count). The number of aromatic nitrogens is 2. The van der Waals surface area contributed by atoms with Crippen LogP contribution in [0.1, 0.15) is 25.7 Å². The van der Waals surface area contributed by atoms with E-state index in [2.05, 4.69) is 34.8 Å². The molecule has 2 amide bonds. The largest absolute Gasteiger partial charge is 0.331 e. The maximum Gasteiger partial charge on any atom is 0.317 e. The van der Waals surface area contributed by atoms with Crippen molar-refractivity contribution < 1.29 is 4.79 Å². The SMILES string of the molecule is CC(C)n1c(CNC(=O)N2CCSCC2)nc2ccccc21. The summed E-state index contributed by atoms with van der Waals surface area (Å²) >= 11 is 1.90. The normalized spacial score (nSPS) is 15.5. The lowest BCUT2D eigenvalue weighted by Gasteiger charge is -2.26. The number of carbonyl (C=O) groups excluding carboxylic acids is 1. The highest BCUT2D eigenvalue weighted by molar-refractivity contribution is 7.99. The summed E-state index contributed by atoms with van der Waals surface area (Å²) in [5.74, 6) is 2.96. The quantitative estimate of drug-likeness (QED) is 0.947. The molecule has 1 aromatic heterocycles. The van der Waals surface area contributed by atoms with Gasteiger partial charge in [-0.05, 0) is 26.0 Å². The van der Waals surface area contributed by atoms with Crippen LogP contribution in [-0.4, -0.2) is 45.1 Å². The van der Waals surface area contributed by atoms with Crippen molar-refractivity contribution in [2.24, 2.45) is 0 Å². The minimum Gasteiger partial charge on any atom is -0.331 e. The maximum atomic E-state index is 12.2. The summed E-state index contributed by atoms with van der Waals surface area (Å²) in [5, 5.41) is 3.02. The number of imidazole rings is 1. The molecule has 0 aliphatic carbocycles. The fourth-order valence-corrected chi connectivity index (χ4v) is 3.73. The molecule has 1 fully saturated rings. The van der Waals surface area contributed by atoms with Crippen LogP contribution in [0.2, 0.25) is 0 Å². The summed E-state index contributed by atoms with van der Waals surface area (Å²) in [5.41, 5.74) is 2.10. The predicted molar refractivity (Wildman–Crippen MR) is 91.3 cm³/mol. The van der Waals surface area contributed by atoms with Crippen LogP contribution in [0.25, 0.3) is 11.0 Å². The van der Waals surface area contributed by atoms with Gasteiger partial charge in [-0.15, -0.1) is 0 Å². The third-order valence-corrected chi connectivity index (χ3v) is 4.82. The van der Waals surface area contributed by atoms with Crippen LogP contribution >= 0.6 is 11.8 Å². The smallest absolute Gasteiger partial charge is 0.317 e. The molecule has 0 bridgehead atoms. The van der Waals surface area contributed by atoms with E-state index >= 15 is 0 Å². The summed E-state index contributed by atoms with van der Waals surface area (Å²) in [6.45, 7) is 6.41. The van der Waals surface area contributed by atoms with Crippen LogP contribution in [-0.2, 0) is 6.54 Å². The first-order valence-corrected chi connectivity index (χ1v) is 8.88. The van der Waals surface area contributed by atoms with Crippen LogP contribution in [0, 0.1) is 0 Å². The molecule has 2 heterocycles. The molecule has 0 spiro atoms. The zero-order valence-electron chi connectivity index (χ0n) is 13.1. The Morgan fingerprint density at radius 1 is 1.32 bits per heavy atom. The van der Waals surface area contributed by atoms with Crippen LogP contribution < -0.4 is 5.32 Å². The monoisotopic (exact) mass is 318 g/mol. The fraction of sp³-hybridized carbons (Fsp3) is 0.500. The van der Waals surface area contributed by atoms with E-state index in [1.165, 1.54) is 0 Å². The van der Waals surface area contributed by atoms with Crippen LogP contribution in [0.3, 0.4) is 0 Å². The van der Waals surface area contributed by atoms with Crippen molar-refractivity contribution in [2.45, 2.75) is 26.4 Å². The molecule has 1 aliphatic heterocycles. The number of benzene rings is 1. The molecule has 5 nitrogen and oxygen atoms in total. The van der Waals surface area contributed by atoms with E-state index in [4.69, 9.17) is 0 Å². The number of nitrogens with zero attached hydrogens (tertiary/aromatic N) is 3. The molecule has 2 aromatic rings. The fourth-order valence-electron chi connectivity index (χ4n) is 2.83. The molecule has 22 heavy (non-hydrogen) atoms. The molecule has 0 atom stereocenters. The van der Waals surface area contributed by atoms with Gasteiger partial charge in [0.1, 0.15) is 5.82 Å². The van der Waals surface area contributed by atoms with Gasteiger partial charge in [0.25, 0.3) is 0 Å². The molecule has 1 aromatic carbocycles. The minimum atomic E-state index is 0.0164. The lowest BCUT2D eigenvalue weighted by atomic mass is 10.3. The van der Waals surface area contributed by atoms with E-state index in [1.807, 2.05) is 34.9 Å². The number of para-hydroxylation sites is 2. The Morgan fingerprint density at radius 2 is 2.05 bits per heavy atom. The van der Waals surface area contributed by atoms with E-state index in [9.17, 15) is 4.79 Å². The van der Waals surface area contributed by atoms with Crippen molar-refractivity contribution in [3.63, 3.8) is 0 Å². The third-order valence-electron chi connectivity index (χ3n) is 3.88. The van der Waals surface area contributed by atoms with Gasteiger partial charge >= 0.3 is 6.03 Å². The van der Waals surface area contributed by atoms with Gasteiger partial charge < -0.3 is 14.8 Å². The molecule has 1 aliphatic rings. The number of urea groups is 1. The van der Waals surface area contributed by atoms with E-state index < -0.39 is 0 Å². The molecule has 118 valence electrons. The van der Waals surface area contributed by atoms with Gasteiger partial charge in [0.2, 0.25) is 0 Å². The van der Waals surface area contributed by atoms with E-state index in [0.29, 0.717) is 12.6 Å². The molecule has 0 radical (unpaired) electrons. The van der Waals surface area contributed by atoms with Gasteiger partial charge in [-0.1, -0.05) is 12.1 Å². The number of hydrogen-bond acceptors (Lipinski definition) is 3. The Kier molecular flexibility index (Phi) is 4.57. The van der Waals surface area contributed by atoms with Gasteiger partial charge in [0.05, 0.1) is 17.6 Å². The zero-order valence-corrected chi connectivity index (χ0v) is 13.9. The number of thioether (sulfide) groups is 1. The average Bonchev–Trinajstić information content (AvgIpc) is 2.92. The van der Waals surface area contributed by atoms with Crippen LogP contribution in [0.4, 0.5) is 4.79 Å². The van der Waals surface area contributed by atoms with Crippen molar-refractivity contribution in [2.75, 3.05) is 24.6 Å². The van der Waals surface area contributed by atoms with Crippen molar-refractivity contribution in [1.82, 2.24) is 19.8 Å². The minimum absolute atomic E-state index is 0.0164. The lowest BCUT2D eigenvalue weighted by Crippen LogP contribution is -2.44. The van der Waals surface area contributed by atoms with Crippen molar-refractivity contribution in [3.05, 3.63) is 30.1 Å². The van der Waals surface area contributed by atoms with Crippen molar-refractivity contribution in [3.8, 4) is 0 Å². The Balaban J connectivity index is 1.75. The maximum absolute atomic E-state index is 12.2. The average molecular weight is 318 g/mol. The first kappa shape index (κ1) is 15.2. The van der Waals surface area contributed by atoms with E-state index in [0.717, 1.165) is 41.5 Å². The number of fused-ring (bicyclic) bond motifs is 1. The number of rotatable bonds is 3. The van der Waals surface area contributed by atoms with E-state index in [1.54, 1.807) is 0 Å². The highest BCUT2D eigenvalue weighted by Crippen LogP contribution is 2.20. The van der Waals surface area contributed by atoms with Crippen LogP contribution in [0.15, 0.2) is 24.3 Å². The number of hydrogen-bond donors (Lipinski definition) is 1. The summed E-state index contributed by atoms with van der Waals surface area (Å²) < 4.78 is 2.20. The number of amides is 2. The van der Waals surface area contributed by atoms with Crippen molar-refractivity contribution in [1.29, 1.82) is 0 Å². The Bertz CT molecular complexity index is 661. The molecular formula is C16H22N4OS. The standard InChI is InChI=1S/C16H22N4OS/c1-12(2)20-14-6-4-3-5-13(14)18-15(20)11-17-16(21)19-7-9-22-10-8-19/h3-6,12H,7-11H2,1-2H3,(H,17,21). The Morgan fingerprint density at radius 3 is 2.77 bits per heavy atom. The molecule has 1 N–H and O–H groups in total. The lowest BCUT2D eigenvalue weighted by molar-refractivity contribution is 0.202. The number of carbonyl (C=O) groups is 1. The molecule has 0 unspecified atom stereocenters. The molecule has 6 heteroatoms. The summed E-state index contributed by atoms with van der Waals surface area (Å²) in [7, 11) is 0. The summed E-state index contributed by atoms with van der Waals surface area (Å²) in [6, 6.07) is 8.44. The summed E-state index contributed by atoms with van der Waals surface area (Å²) in [4.78, 5) is 18.8. The van der Waals surface area contributed by atoms with Gasteiger partial charge in [-0.25, -0.2) is 9.78 Å². The Labute approximate surface area is 135 Å². The zero-order chi connectivity index (χ0) is 15.5. The molecule has 0 saturated carbocycles. The summed E-state index contributed by atoms with van der Waals surface area (Å²) in [6.07, 6.45) is 0. The second-order valence-electron chi connectivity index (χ2n) is 5.74. The van der Waals surface area contributed by atoms with Crippen molar-refractivity contribution >= 4 is 28.8 Å². The van der Waals surface area contributed by atoms with Gasteiger partial charge in [-0.3, -0.25) is 0 Å². The highest BCUT2D eigenvalue weighted by atomic mass is 32.2. The van der Waals surface area contributed by atoms with Gasteiger partial charge in [0, 0.05) is 30.6 Å². The van der Waals surface area contributed by atoms with Gasteiger partial charge in [-0.2, -0.15) is 11.8 Å². The number of nitrogens with one attached hydrogen (secondary N) is 1. The van der Waals surface area contributed by atoms with E-state index in [-0.39, 0.29) is 6.03 Å². The topological polar surface area (TPSA) is 50.2 Å². The predicted octanol–water partition coefficient (Wildman–Crippen LogP) is 2.88. The Hall–Kier alpha value is -1.69. The third kappa shape index (κ3) is 3.06. The second kappa shape index (κ2) is 6.60. The first-order valence-electron chi connectivity index (χ1n) is 7.73. The van der Waals surface area contributed by atoms with Crippen LogP contribution in [0.5, 0.6) is 0 Å². The molecular weight excluding hydrogens is 296 g/mol. The molecule has 1 saturated heterocycles.